The van der Waals surface area contributed by atoms with Gasteiger partial charge in [0.15, 0.2) is 0 Å². The molecule has 0 unspecified atom stereocenters. The third-order valence-electron chi connectivity index (χ3n) is 3.42. The molecule has 0 bridgehead atoms. The van der Waals surface area contributed by atoms with Gasteiger partial charge in [-0.25, -0.2) is 0 Å². The van der Waals surface area contributed by atoms with Crippen molar-refractivity contribution in [3.63, 3.8) is 0 Å². The number of hydrogen-bond donors (Lipinski definition) is 1. The Hall–Kier alpha value is -3.01. The summed E-state index contributed by atoms with van der Waals surface area (Å²) in [6, 6.07) is 7.62. The van der Waals surface area contributed by atoms with Crippen LogP contribution in [0.4, 0.5) is 11.5 Å². The van der Waals surface area contributed by atoms with Crippen LogP contribution < -0.4 is 16.0 Å². The van der Waals surface area contributed by atoms with Gasteiger partial charge in [-0.05, 0) is 24.1 Å². The first-order valence-corrected chi connectivity index (χ1v) is 7.77. The van der Waals surface area contributed by atoms with Crippen molar-refractivity contribution >= 4 is 27.8 Å². The normalized spacial score (nSPS) is 10.9. The average Bonchev–Trinajstić information content (AvgIpc) is 2.96. The van der Waals surface area contributed by atoms with Gasteiger partial charge in [-0.3, -0.25) is 14.9 Å². The van der Waals surface area contributed by atoms with E-state index in [0.29, 0.717) is 17.8 Å². The van der Waals surface area contributed by atoms with Crippen LogP contribution in [0.25, 0.3) is 4.96 Å². The minimum absolute atomic E-state index is 0.243. The van der Waals surface area contributed by atoms with Crippen molar-refractivity contribution in [3.05, 3.63) is 55.3 Å². The van der Waals surface area contributed by atoms with E-state index in [1.165, 1.54) is 11.3 Å². The Morgan fingerprint density at radius 1 is 1.33 bits per heavy atom. The summed E-state index contributed by atoms with van der Waals surface area (Å²) < 4.78 is 6.04. The van der Waals surface area contributed by atoms with Crippen molar-refractivity contribution < 1.29 is 9.66 Å². The first-order chi connectivity index (χ1) is 11.5. The summed E-state index contributed by atoms with van der Waals surface area (Å²) in [7, 11) is 1.60. The van der Waals surface area contributed by atoms with Crippen molar-refractivity contribution in [1.29, 1.82) is 0 Å². The van der Waals surface area contributed by atoms with Crippen molar-refractivity contribution in [2.24, 2.45) is 0 Å². The molecule has 0 spiro atoms. The smallest absolute Gasteiger partial charge is 0.377 e. The molecule has 2 N–H and O–H groups in total. The molecule has 0 fully saturated rings. The van der Waals surface area contributed by atoms with Crippen LogP contribution in [0, 0.1) is 10.1 Å². The summed E-state index contributed by atoms with van der Waals surface area (Å²) in [5.41, 5.74) is 4.96. The molecule has 0 aliphatic heterocycles. The number of nitro groups is 1. The van der Waals surface area contributed by atoms with Gasteiger partial charge in [0.25, 0.3) is 0 Å². The molecule has 0 atom stereocenters. The molecule has 0 amide bonds. The summed E-state index contributed by atoms with van der Waals surface area (Å²) in [6.07, 6.45) is 1.28. The summed E-state index contributed by atoms with van der Waals surface area (Å²) in [4.78, 5) is 26.3. The van der Waals surface area contributed by atoms with Crippen LogP contribution in [-0.2, 0) is 12.8 Å². The van der Waals surface area contributed by atoms with Crippen LogP contribution >= 0.6 is 11.3 Å². The van der Waals surface area contributed by atoms with E-state index in [9.17, 15) is 14.9 Å². The third kappa shape index (κ3) is 2.91. The Morgan fingerprint density at radius 3 is 2.67 bits per heavy atom. The number of methoxy groups -OCH3 is 1. The maximum atomic E-state index is 12.1. The first-order valence-electron chi connectivity index (χ1n) is 6.95. The van der Waals surface area contributed by atoms with Crippen molar-refractivity contribution in [1.82, 2.24) is 14.6 Å². The summed E-state index contributed by atoms with van der Waals surface area (Å²) in [5, 5.41) is 15.7. The molecular formula is C14H13N5O4S. The molecule has 0 saturated heterocycles. The molecule has 2 aromatic heterocycles. The van der Waals surface area contributed by atoms with Crippen LogP contribution in [-0.4, -0.2) is 26.6 Å². The standard InChI is InChI=1S/C14H13N5O4S/c1-23-9-5-2-8(3-6-9)4-7-10-17-18-13(20)11(19(21)22)12(15)16-14(18)24-10/h2-3,5-6H,4,7,15H2,1H3. The molecule has 2 heterocycles. The van der Waals surface area contributed by atoms with Crippen molar-refractivity contribution in [2.45, 2.75) is 12.8 Å². The van der Waals surface area contributed by atoms with Gasteiger partial charge in [0, 0.05) is 6.42 Å². The van der Waals surface area contributed by atoms with Crippen LogP contribution in [0.15, 0.2) is 29.1 Å². The fraction of sp³-hybridized carbons (Fsp3) is 0.214. The quantitative estimate of drug-likeness (QED) is 0.546. The number of hydrogen-bond acceptors (Lipinski definition) is 8. The van der Waals surface area contributed by atoms with E-state index in [2.05, 4.69) is 10.1 Å². The maximum Gasteiger partial charge on any atom is 0.377 e. The Labute approximate surface area is 139 Å². The van der Waals surface area contributed by atoms with E-state index < -0.39 is 22.0 Å². The van der Waals surface area contributed by atoms with E-state index in [1.807, 2.05) is 24.3 Å². The summed E-state index contributed by atoms with van der Waals surface area (Å²) in [5.74, 6) is 0.382. The number of anilines is 1. The predicted molar refractivity (Wildman–Crippen MR) is 88.6 cm³/mol. The SMILES string of the molecule is COc1ccc(CCc2nn3c(=O)c([N+](=O)[O-])c(N)nc3s2)cc1. The molecule has 0 aliphatic carbocycles. The fourth-order valence-corrected chi connectivity index (χ4v) is 3.10. The molecule has 3 rings (SSSR count). The van der Waals surface area contributed by atoms with Gasteiger partial charge in [-0.1, -0.05) is 23.5 Å². The average molecular weight is 347 g/mol. The molecule has 0 saturated carbocycles. The second-order valence-corrected chi connectivity index (χ2v) is 5.99. The number of nitrogens with zero attached hydrogens (tertiary/aromatic N) is 4. The zero-order valence-corrected chi connectivity index (χ0v) is 13.4. The Balaban J connectivity index is 1.86. The lowest BCUT2D eigenvalue weighted by atomic mass is 10.1. The number of aryl methyl sites for hydroxylation is 2. The molecule has 0 aliphatic rings. The number of benzene rings is 1. The van der Waals surface area contributed by atoms with E-state index in [1.54, 1.807) is 7.11 Å². The molecule has 10 heteroatoms. The number of aromatic nitrogens is 3. The van der Waals surface area contributed by atoms with E-state index in [-0.39, 0.29) is 4.96 Å². The third-order valence-corrected chi connectivity index (χ3v) is 4.39. The minimum atomic E-state index is -0.866. The van der Waals surface area contributed by atoms with Gasteiger partial charge in [-0.2, -0.15) is 14.6 Å². The highest BCUT2D eigenvalue weighted by Gasteiger charge is 2.23. The van der Waals surface area contributed by atoms with Gasteiger partial charge in [-0.15, -0.1) is 0 Å². The minimum Gasteiger partial charge on any atom is -0.497 e. The second-order valence-electron chi connectivity index (χ2n) is 4.95. The topological polar surface area (TPSA) is 126 Å². The largest absolute Gasteiger partial charge is 0.497 e. The molecular weight excluding hydrogens is 334 g/mol. The first kappa shape index (κ1) is 15.9. The Bertz CT molecular complexity index is 964. The van der Waals surface area contributed by atoms with Gasteiger partial charge < -0.3 is 10.5 Å². The number of nitrogens with two attached hydrogens (primary N) is 1. The summed E-state index contributed by atoms with van der Waals surface area (Å²) >= 11 is 1.19. The maximum absolute atomic E-state index is 12.1. The van der Waals surface area contributed by atoms with Gasteiger partial charge in [0.05, 0.1) is 12.0 Å². The number of ether oxygens (including phenoxy) is 1. The van der Waals surface area contributed by atoms with Crippen molar-refractivity contribution in [2.75, 3.05) is 12.8 Å². The predicted octanol–water partition coefficient (Wildman–Crippen LogP) is 1.44. The molecule has 24 heavy (non-hydrogen) atoms. The highest BCUT2D eigenvalue weighted by Crippen LogP contribution is 2.20. The lowest BCUT2D eigenvalue weighted by Crippen LogP contribution is -2.20. The number of fused-ring (bicyclic) bond motifs is 1. The zero-order chi connectivity index (χ0) is 17.3. The van der Waals surface area contributed by atoms with E-state index >= 15 is 0 Å². The van der Waals surface area contributed by atoms with Gasteiger partial charge >= 0.3 is 11.2 Å². The van der Waals surface area contributed by atoms with Crippen molar-refractivity contribution in [3.8, 4) is 5.75 Å². The van der Waals surface area contributed by atoms with Crippen LogP contribution in [0.1, 0.15) is 10.6 Å². The monoisotopic (exact) mass is 347 g/mol. The van der Waals surface area contributed by atoms with Gasteiger partial charge in [0.1, 0.15) is 10.8 Å². The highest BCUT2D eigenvalue weighted by molar-refractivity contribution is 7.16. The van der Waals surface area contributed by atoms with Gasteiger partial charge in [0.2, 0.25) is 10.8 Å². The number of rotatable bonds is 5. The Morgan fingerprint density at radius 2 is 2.04 bits per heavy atom. The Kier molecular flexibility index (Phi) is 4.13. The number of nitrogen functional groups attached to an aromatic ring is 1. The fourth-order valence-electron chi connectivity index (χ4n) is 2.21. The van der Waals surface area contributed by atoms with E-state index in [0.717, 1.165) is 15.8 Å². The molecule has 9 nitrogen and oxygen atoms in total. The summed E-state index contributed by atoms with van der Waals surface area (Å²) in [6.45, 7) is 0. The molecule has 3 aromatic rings. The molecule has 0 radical (unpaired) electrons. The van der Waals surface area contributed by atoms with Crippen LogP contribution in [0.2, 0.25) is 0 Å². The lowest BCUT2D eigenvalue weighted by Gasteiger charge is -2.01. The van der Waals surface area contributed by atoms with E-state index in [4.69, 9.17) is 10.5 Å². The van der Waals surface area contributed by atoms with Crippen LogP contribution in [0.5, 0.6) is 5.75 Å². The second kappa shape index (κ2) is 6.24. The molecule has 124 valence electrons. The lowest BCUT2D eigenvalue weighted by molar-refractivity contribution is -0.385. The highest BCUT2D eigenvalue weighted by atomic mass is 32.1. The van der Waals surface area contributed by atoms with Crippen LogP contribution in [0.3, 0.4) is 0 Å². The zero-order valence-electron chi connectivity index (χ0n) is 12.6. The molecule has 1 aromatic carbocycles.